The number of nitrogens with zero attached hydrogens (tertiary/aromatic N) is 1. The first-order chi connectivity index (χ1) is 9.56. The zero-order valence-electron chi connectivity index (χ0n) is 11.8. The number of amides is 3. The van der Waals surface area contributed by atoms with E-state index in [2.05, 4.69) is 10.6 Å². The van der Waals surface area contributed by atoms with Gasteiger partial charge in [-0.15, -0.1) is 0 Å². The maximum absolute atomic E-state index is 11.8. The summed E-state index contributed by atoms with van der Waals surface area (Å²) >= 11 is 0. The van der Waals surface area contributed by atoms with Crippen LogP contribution in [-0.2, 0) is 4.79 Å². The molecule has 1 unspecified atom stereocenters. The van der Waals surface area contributed by atoms with Gasteiger partial charge in [0.05, 0.1) is 12.6 Å². The topological polar surface area (TPSA) is 81.7 Å². The van der Waals surface area contributed by atoms with E-state index >= 15 is 0 Å². The Morgan fingerprint density at radius 1 is 1.30 bits per heavy atom. The SMILES string of the molecule is CCC(O)CN(CC(=O)NC(=O)NC)c1ccccc1. The number of benzene rings is 1. The highest BCUT2D eigenvalue weighted by molar-refractivity contribution is 5.96. The summed E-state index contributed by atoms with van der Waals surface area (Å²) in [5, 5.41) is 14.3. The molecule has 0 bridgehead atoms. The van der Waals surface area contributed by atoms with Gasteiger partial charge in [-0.1, -0.05) is 25.1 Å². The van der Waals surface area contributed by atoms with Crippen molar-refractivity contribution in [1.82, 2.24) is 10.6 Å². The minimum absolute atomic E-state index is 0.00843. The number of urea groups is 1. The second kappa shape index (κ2) is 8.16. The lowest BCUT2D eigenvalue weighted by Crippen LogP contribution is -2.45. The molecule has 0 spiro atoms. The Kier molecular flexibility index (Phi) is 6.52. The molecule has 0 aliphatic rings. The highest BCUT2D eigenvalue weighted by Gasteiger charge is 2.16. The number of carbonyl (C=O) groups excluding carboxylic acids is 2. The van der Waals surface area contributed by atoms with E-state index in [0.29, 0.717) is 13.0 Å². The maximum atomic E-state index is 11.8. The summed E-state index contributed by atoms with van der Waals surface area (Å²) in [5.74, 6) is -0.420. The van der Waals surface area contributed by atoms with Crippen molar-refractivity contribution in [3.8, 4) is 0 Å². The van der Waals surface area contributed by atoms with Gasteiger partial charge in [-0.05, 0) is 18.6 Å². The van der Waals surface area contributed by atoms with E-state index in [-0.39, 0.29) is 6.54 Å². The van der Waals surface area contributed by atoms with E-state index < -0.39 is 18.0 Å². The van der Waals surface area contributed by atoms with Gasteiger partial charge in [0.2, 0.25) is 5.91 Å². The molecule has 0 aromatic heterocycles. The van der Waals surface area contributed by atoms with Gasteiger partial charge >= 0.3 is 6.03 Å². The first kappa shape index (κ1) is 16.0. The van der Waals surface area contributed by atoms with E-state index in [0.717, 1.165) is 5.69 Å². The Bertz CT molecular complexity index is 437. The third kappa shape index (κ3) is 5.27. The van der Waals surface area contributed by atoms with Crippen molar-refractivity contribution in [3.63, 3.8) is 0 Å². The number of hydrogen-bond donors (Lipinski definition) is 3. The van der Waals surface area contributed by atoms with E-state index in [1.54, 1.807) is 4.90 Å². The van der Waals surface area contributed by atoms with E-state index in [4.69, 9.17) is 0 Å². The van der Waals surface area contributed by atoms with Crippen LogP contribution in [0.2, 0.25) is 0 Å². The summed E-state index contributed by atoms with van der Waals surface area (Å²) in [7, 11) is 1.44. The van der Waals surface area contributed by atoms with Crippen molar-refractivity contribution in [2.45, 2.75) is 19.4 Å². The van der Waals surface area contributed by atoms with Crippen LogP contribution in [0.5, 0.6) is 0 Å². The lowest BCUT2D eigenvalue weighted by molar-refractivity contribution is -0.118. The number of anilines is 1. The molecule has 0 aliphatic heterocycles. The minimum atomic E-state index is -0.543. The third-order valence-electron chi connectivity index (χ3n) is 2.84. The lowest BCUT2D eigenvalue weighted by Gasteiger charge is -2.26. The lowest BCUT2D eigenvalue weighted by atomic mass is 10.2. The van der Waals surface area contributed by atoms with Crippen molar-refractivity contribution >= 4 is 17.6 Å². The molecule has 1 atom stereocenters. The van der Waals surface area contributed by atoms with Gasteiger partial charge in [0.1, 0.15) is 0 Å². The zero-order chi connectivity index (χ0) is 15.0. The van der Waals surface area contributed by atoms with Gasteiger partial charge in [0.25, 0.3) is 0 Å². The molecule has 3 amide bonds. The molecule has 0 saturated carbocycles. The standard InChI is InChI=1S/C14H21N3O3/c1-3-12(18)9-17(11-7-5-4-6-8-11)10-13(19)16-14(20)15-2/h4-8,12,18H,3,9-10H2,1-2H3,(H2,15,16,19,20). The predicted molar refractivity (Wildman–Crippen MR) is 77.6 cm³/mol. The number of aliphatic hydroxyl groups excluding tert-OH is 1. The van der Waals surface area contributed by atoms with Crippen molar-refractivity contribution in [3.05, 3.63) is 30.3 Å². The molecule has 0 heterocycles. The number of nitrogens with one attached hydrogen (secondary N) is 2. The summed E-state index contributed by atoms with van der Waals surface area (Å²) < 4.78 is 0. The first-order valence-electron chi connectivity index (χ1n) is 6.56. The van der Waals surface area contributed by atoms with Crippen molar-refractivity contribution < 1.29 is 14.7 Å². The van der Waals surface area contributed by atoms with Crippen molar-refractivity contribution in [2.75, 3.05) is 25.0 Å². The van der Waals surface area contributed by atoms with Crippen LogP contribution < -0.4 is 15.5 Å². The quantitative estimate of drug-likeness (QED) is 0.716. The molecular weight excluding hydrogens is 258 g/mol. The summed E-state index contributed by atoms with van der Waals surface area (Å²) in [5.41, 5.74) is 0.826. The number of rotatable bonds is 6. The van der Waals surface area contributed by atoms with Gasteiger partial charge in [-0.2, -0.15) is 0 Å². The second-order valence-electron chi connectivity index (χ2n) is 4.41. The molecule has 1 aromatic rings. The summed E-state index contributed by atoms with van der Waals surface area (Å²) in [6.45, 7) is 2.22. The molecule has 110 valence electrons. The summed E-state index contributed by atoms with van der Waals surface area (Å²) in [6, 6.07) is 8.77. The fourth-order valence-corrected chi connectivity index (χ4v) is 1.69. The molecular formula is C14H21N3O3. The van der Waals surface area contributed by atoms with Crippen molar-refractivity contribution in [1.29, 1.82) is 0 Å². The first-order valence-corrected chi connectivity index (χ1v) is 6.56. The van der Waals surface area contributed by atoms with Crippen LogP contribution in [0.25, 0.3) is 0 Å². The molecule has 1 rings (SSSR count). The van der Waals surface area contributed by atoms with Gasteiger partial charge < -0.3 is 15.3 Å². The Morgan fingerprint density at radius 3 is 2.50 bits per heavy atom. The van der Waals surface area contributed by atoms with Crippen LogP contribution in [0.3, 0.4) is 0 Å². The smallest absolute Gasteiger partial charge is 0.321 e. The average Bonchev–Trinajstić information content (AvgIpc) is 2.47. The molecule has 1 aromatic carbocycles. The molecule has 0 saturated heterocycles. The average molecular weight is 279 g/mol. The molecule has 0 fully saturated rings. The van der Waals surface area contributed by atoms with Crippen LogP contribution in [0, 0.1) is 0 Å². The van der Waals surface area contributed by atoms with Crippen LogP contribution in [0.4, 0.5) is 10.5 Å². The monoisotopic (exact) mass is 279 g/mol. The van der Waals surface area contributed by atoms with Gasteiger partial charge in [0, 0.05) is 19.3 Å². The second-order valence-corrected chi connectivity index (χ2v) is 4.41. The highest BCUT2D eigenvalue weighted by atomic mass is 16.3. The fraction of sp³-hybridized carbons (Fsp3) is 0.429. The van der Waals surface area contributed by atoms with E-state index in [9.17, 15) is 14.7 Å². The Balaban J connectivity index is 2.73. The Hall–Kier alpha value is -2.08. The zero-order valence-corrected chi connectivity index (χ0v) is 11.8. The normalized spacial score (nSPS) is 11.6. The number of aliphatic hydroxyl groups is 1. The largest absolute Gasteiger partial charge is 0.391 e. The van der Waals surface area contributed by atoms with Crippen molar-refractivity contribution in [2.24, 2.45) is 0 Å². The molecule has 6 heteroatoms. The minimum Gasteiger partial charge on any atom is -0.391 e. The van der Waals surface area contributed by atoms with Crippen LogP contribution in [0.15, 0.2) is 30.3 Å². The van der Waals surface area contributed by atoms with Gasteiger partial charge in [0.15, 0.2) is 0 Å². The van der Waals surface area contributed by atoms with Gasteiger partial charge in [-0.25, -0.2) is 4.79 Å². The Morgan fingerprint density at radius 2 is 1.95 bits per heavy atom. The maximum Gasteiger partial charge on any atom is 0.321 e. The number of carbonyl (C=O) groups is 2. The van der Waals surface area contributed by atoms with Crippen LogP contribution in [-0.4, -0.2) is 43.3 Å². The van der Waals surface area contributed by atoms with E-state index in [1.807, 2.05) is 37.3 Å². The van der Waals surface area contributed by atoms with E-state index in [1.165, 1.54) is 7.05 Å². The van der Waals surface area contributed by atoms with Crippen LogP contribution in [0.1, 0.15) is 13.3 Å². The van der Waals surface area contributed by atoms with Crippen LogP contribution >= 0.6 is 0 Å². The Labute approximate surface area is 118 Å². The summed E-state index contributed by atoms with van der Waals surface area (Å²) in [4.78, 5) is 24.6. The number of hydrogen-bond acceptors (Lipinski definition) is 4. The summed E-state index contributed by atoms with van der Waals surface area (Å²) in [6.07, 6.45) is 0.0726. The van der Waals surface area contributed by atoms with Gasteiger partial charge in [-0.3, -0.25) is 10.1 Å². The molecule has 6 nitrogen and oxygen atoms in total. The molecule has 0 radical (unpaired) electrons. The predicted octanol–water partition coefficient (Wildman–Crippen LogP) is 0.719. The highest BCUT2D eigenvalue weighted by Crippen LogP contribution is 2.13. The molecule has 3 N–H and O–H groups in total. The fourth-order valence-electron chi connectivity index (χ4n) is 1.69. The number of imide groups is 1. The molecule has 0 aliphatic carbocycles. The molecule has 20 heavy (non-hydrogen) atoms. The number of para-hydroxylation sites is 1. The third-order valence-corrected chi connectivity index (χ3v) is 2.84.